The van der Waals surface area contributed by atoms with Gasteiger partial charge in [-0.2, -0.15) is 5.10 Å². The zero-order valence-corrected chi connectivity index (χ0v) is 12.0. The summed E-state index contributed by atoms with van der Waals surface area (Å²) >= 11 is 0. The SMILES string of the molecule is Cc1noc(C)c1CC(=O)NCc1cnn2ccccc12. The molecule has 0 aromatic carbocycles. The van der Waals surface area contributed by atoms with E-state index in [9.17, 15) is 4.79 Å². The first-order valence-electron chi connectivity index (χ1n) is 6.75. The zero-order valence-electron chi connectivity index (χ0n) is 12.0. The molecule has 0 spiro atoms. The Labute approximate surface area is 121 Å². The average molecular weight is 284 g/mol. The maximum Gasteiger partial charge on any atom is 0.224 e. The van der Waals surface area contributed by atoms with Gasteiger partial charge in [0.2, 0.25) is 5.91 Å². The highest BCUT2D eigenvalue weighted by atomic mass is 16.5. The third-order valence-corrected chi connectivity index (χ3v) is 3.50. The van der Waals surface area contributed by atoms with Crippen molar-refractivity contribution in [2.24, 2.45) is 0 Å². The summed E-state index contributed by atoms with van der Waals surface area (Å²) in [7, 11) is 0. The second-order valence-corrected chi connectivity index (χ2v) is 4.96. The van der Waals surface area contributed by atoms with Crippen LogP contribution in [0.3, 0.4) is 0 Å². The summed E-state index contributed by atoms with van der Waals surface area (Å²) in [5.74, 6) is 0.637. The molecular weight excluding hydrogens is 268 g/mol. The van der Waals surface area contributed by atoms with E-state index in [2.05, 4.69) is 15.6 Å². The molecule has 0 radical (unpaired) electrons. The number of carbonyl (C=O) groups is 1. The number of fused-ring (bicyclic) bond motifs is 1. The van der Waals surface area contributed by atoms with E-state index in [1.165, 1.54) is 0 Å². The number of nitrogens with one attached hydrogen (secondary N) is 1. The van der Waals surface area contributed by atoms with Crippen LogP contribution in [-0.4, -0.2) is 20.7 Å². The molecular formula is C15H16N4O2. The van der Waals surface area contributed by atoms with Crippen LogP contribution < -0.4 is 5.32 Å². The monoisotopic (exact) mass is 284 g/mol. The van der Waals surface area contributed by atoms with Crippen molar-refractivity contribution >= 4 is 11.4 Å². The Balaban J connectivity index is 1.66. The van der Waals surface area contributed by atoms with Crippen LogP contribution in [0, 0.1) is 13.8 Å². The molecule has 0 aliphatic rings. The van der Waals surface area contributed by atoms with Gasteiger partial charge in [0.05, 0.1) is 23.8 Å². The first-order valence-corrected chi connectivity index (χ1v) is 6.75. The van der Waals surface area contributed by atoms with Crippen LogP contribution >= 0.6 is 0 Å². The van der Waals surface area contributed by atoms with Crippen LogP contribution in [-0.2, 0) is 17.8 Å². The molecule has 1 N–H and O–H groups in total. The van der Waals surface area contributed by atoms with E-state index in [4.69, 9.17) is 4.52 Å². The van der Waals surface area contributed by atoms with Gasteiger partial charge in [0.25, 0.3) is 0 Å². The first kappa shape index (κ1) is 13.4. The molecule has 0 atom stereocenters. The number of hydrogen-bond donors (Lipinski definition) is 1. The topological polar surface area (TPSA) is 72.4 Å². The Bertz CT molecular complexity index is 768. The van der Waals surface area contributed by atoms with E-state index >= 15 is 0 Å². The molecule has 0 fully saturated rings. The molecule has 0 saturated heterocycles. The minimum absolute atomic E-state index is 0.0559. The lowest BCUT2D eigenvalue weighted by atomic mass is 10.1. The number of amides is 1. The van der Waals surface area contributed by atoms with Crippen LogP contribution in [0.5, 0.6) is 0 Å². The highest BCUT2D eigenvalue weighted by molar-refractivity contribution is 5.79. The summed E-state index contributed by atoms with van der Waals surface area (Å²) in [5.41, 5.74) is 3.60. The van der Waals surface area contributed by atoms with Crippen molar-refractivity contribution in [3.8, 4) is 0 Å². The molecule has 3 heterocycles. The first-order chi connectivity index (χ1) is 10.1. The molecule has 0 unspecified atom stereocenters. The van der Waals surface area contributed by atoms with Crippen LogP contribution in [0.4, 0.5) is 0 Å². The van der Waals surface area contributed by atoms with Gasteiger partial charge in [0.1, 0.15) is 5.76 Å². The fraction of sp³-hybridized carbons (Fsp3) is 0.267. The van der Waals surface area contributed by atoms with Crippen molar-refractivity contribution < 1.29 is 9.32 Å². The Hall–Kier alpha value is -2.63. The number of carbonyl (C=O) groups excluding carboxylic acids is 1. The molecule has 3 aromatic rings. The van der Waals surface area contributed by atoms with Gasteiger partial charge in [-0.1, -0.05) is 11.2 Å². The second kappa shape index (κ2) is 5.40. The minimum atomic E-state index is -0.0559. The average Bonchev–Trinajstić information content (AvgIpc) is 3.03. The van der Waals surface area contributed by atoms with E-state index in [1.54, 1.807) is 10.7 Å². The van der Waals surface area contributed by atoms with Crippen molar-refractivity contribution in [3.63, 3.8) is 0 Å². The van der Waals surface area contributed by atoms with Gasteiger partial charge in [0, 0.05) is 23.9 Å². The molecule has 108 valence electrons. The van der Waals surface area contributed by atoms with Gasteiger partial charge in [-0.15, -0.1) is 0 Å². The van der Waals surface area contributed by atoms with E-state index in [0.717, 1.165) is 22.3 Å². The number of hydrogen-bond acceptors (Lipinski definition) is 4. The minimum Gasteiger partial charge on any atom is -0.361 e. The van der Waals surface area contributed by atoms with E-state index in [1.807, 2.05) is 38.2 Å². The normalized spacial score (nSPS) is 11.0. The number of aromatic nitrogens is 3. The highest BCUT2D eigenvalue weighted by Crippen LogP contribution is 2.13. The predicted octanol–water partition coefficient (Wildman–Crippen LogP) is 1.80. The smallest absolute Gasteiger partial charge is 0.224 e. The summed E-state index contributed by atoms with van der Waals surface area (Å²) in [6.07, 6.45) is 3.93. The van der Waals surface area contributed by atoms with Crippen LogP contribution in [0.15, 0.2) is 35.1 Å². The van der Waals surface area contributed by atoms with E-state index < -0.39 is 0 Å². The van der Waals surface area contributed by atoms with Gasteiger partial charge in [-0.25, -0.2) is 4.52 Å². The molecule has 0 aliphatic carbocycles. The molecule has 0 bridgehead atoms. The Morgan fingerprint density at radius 3 is 3.00 bits per heavy atom. The largest absolute Gasteiger partial charge is 0.361 e. The number of rotatable bonds is 4. The van der Waals surface area contributed by atoms with Gasteiger partial charge in [-0.05, 0) is 26.0 Å². The molecule has 3 rings (SSSR count). The summed E-state index contributed by atoms with van der Waals surface area (Å²) in [6.45, 7) is 4.11. The van der Waals surface area contributed by atoms with Crippen molar-refractivity contribution in [2.45, 2.75) is 26.8 Å². The maximum atomic E-state index is 12.0. The van der Waals surface area contributed by atoms with Gasteiger partial charge >= 0.3 is 0 Å². The molecule has 6 nitrogen and oxygen atoms in total. The molecule has 0 aliphatic heterocycles. The molecule has 6 heteroatoms. The Morgan fingerprint density at radius 2 is 2.24 bits per heavy atom. The third kappa shape index (κ3) is 2.65. The van der Waals surface area contributed by atoms with Gasteiger partial charge in [0.15, 0.2) is 0 Å². The number of aryl methyl sites for hydroxylation is 2. The number of pyridine rings is 1. The van der Waals surface area contributed by atoms with Gasteiger partial charge < -0.3 is 9.84 Å². The second-order valence-electron chi connectivity index (χ2n) is 4.96. The zero-order chi connectivity index (χ0) is 14.8. The highest BCUT2D eigenvalue weighted by Gasteiger charge is 2.13. The quantitative estimate of drug-likeness (QED) is 0.793. The molecule has 3 aromatic heterocycles. The van der Waals surface area contributed by atoms with Crippen LogP contribution in [0.1, 0.15) is 22.6 Å². The fourth-order valence-corrected chi connectivity index (χ4v) is 2.29. The lowest BCUT2D eigenvalue weighted by Gasteiger charge is -2.04. The van der Waals surface area contributed by atoms with E-state index in [0.29, 0.717) is 12.3 Å². The van der Waals surface area contributed by atoms with Crippen molar-refractivity contribution in [3.05, 3.63) is 53.2 Å². The predicted molar refractivity (Wildman–Crippen MR) is 76.7 cm³/mol. The lowest BCUT2D eigenvalue weighted by molar-refractivity contribution is -0.120. The standard InChI is InChI=1S/C15H16N4O2/c1-10-13(11(2)21-18-10)7-15(20)16-8-12-9-17-19-6-4-3-5-14(12)19/h3-6,9H,7-8H2,1-2H3,(H,16,20). The lowest BCUT2D eigenvalue weighted by Crippen LogP contribution is -2.24. The van der Waals surface area contributed by atoms with Crippen molar-refractivity contribution in [1.29, 1.82) is 0 Å². The molecule has 21 heavy (non-hydrogen) atoms. The number of nitrogens with zero attached hydrogens (tertiary/aromatic N) is 3. The van der Waals surface area contributed by atoms with E-state index in [-0.39, 0.29) is 12.3 Å². The van der Waals surface area contributed by atoms with Crippen LogP contribution in [0.2, 0.25) is 0 Å². The van der Waals surface area contributed by atoms with Crippen molar-refractivity contribution in [1.82, 2.24) is 20.1 Å². The fourth-order valence-electron chi connectivity index (χ4n) is 2.29. The summed E-state index contributed by atoms with van der Waals surface area (Å²) < 4.78 is 6.85. The van der Waals surface area contributed by atoms with Crippen LogP contribution in [0.25, 0.3) is 5.52 Å². The molecule has 1 amide bonds. The molecule has 0 saturated carbocycles. The van der Waals surface area contributed by atoms with Crippen molar-refractivity contribution in [2.75, 3.05) is 0 Å². The Morgan fingerprint density at radius 1 is 1.38 bits per heavy atom. The third-order valence-electron chi connectivity index (χ3n) is 3.50. The Kier molecular flexibility index (Phi) is 3.43. The summed E-state index contributed by atoms with van der Waals surface area (Å²) in [5, 5.41) is 11.0. The summed E-state index contributed by atoms with van der Waals surface area (Å²) in [6, 6.07) is 5.84. The summed E-state index contributed by atoms with van der Waals surface area (Å²) in [4.78, 5) is 12.0. The maximum absolute atomic E-state index is 12.0. The van der Waals surface area contributed by atoms with Gasteiger partial charge in [-0.3, -0.25) is 4.79 Å².